The Morgan fingerprint density at radius 3 is 2.14 bits per heavy atom. The number of methoxy groups -OCH3 is 2. The van der Waals surface area contributed by atoms with Crippen LogP contribution in [0.15, 0.2) is 133 Å². The fourth-order valence-corrected chi connectivity index (χ4v) is 15.7. The van der Waals surface area contributed by atoms with Crippen LogP contribution in [0.2, 0.25) is 18.1 Å². The van der Waals surface area contributed by atoms with Crippen molar-refractivity contribution in [1.82, 2.24) is 39.0 Å². The number of carbonyl (C=O) groups is 2. The van der Waals surface area contributed by atoms with Crippen LogP contribution in [-0.4, -0.2) is 140 Å². The Bertz CT molecular complexity index is 4000. The largest absolute Gasteiger partial charge is 0.695 e. The van der Waals surface area contributed by atoms with E-state index in [1.165, 1.54) is 30.7 Å². The number of imidazole rings is 2. The smallest absolute Gasteiger partial charge is 0.497 e. The predicted octanol–water partition coefficient (Wildman–Crippen LogP) is 10.1. The lowest BCUT2D eigenvalue weighted by Crippen LogP contribution is -2.50. The summed E-state index contributed by atoms with van der Waals surface area (Å²) >= 11 is 1.27. The monoisotopic (exact) mass is 1330 g/mol. The van der Waals surface area contributed by atoms with E-state index in [4.69, 9.17) is 51.2 Å². The zero-order valence-corrected chi connectivity index (χ0v) is 55.4. The first-order valence-electron chi connectivity index (χ1n) is 29.5. The molecule has 3 aliphatic rings. The highest BCUT2D eigenvalue weighted by Crippen LogP contribution is 2.57. The lowest BCUT2D eigenvalue weighted by atomic mass is 9.79. The summed E-state index contributed by atoms with van der Waals surface area (Å²) < 4.78 is 82.9. The number of rotatable bonds is 26. The maximum absolute atomic E-state index is 13.5. The van der Waals surface area contributed by atoms with E-state index < -0.39 is 101 Å². The maximum Gasteiger partial charge on any atom is 0.695 e. The van der Waals surface area contributed by atoms with Gasteiger partial charge in [-0.05, 0) is 71.2 Å². The summed E-state index contributed by atoms with van der Waals surface area (Å²) in [5.41, 5.74) is -0.291. The first-order chi connectivity index (χ1) is 44.2. The number of nitriles is 1. The molecule has 0 aliphatic carbocycles. The van der Waals surface area contributed by atoms with Crippen molar-refractivity contribution in [2.24, 2.45) is 5.92 Å². The SMILES string of the molecule is COc1ccc(C(OC[C@@]23CO[C@@H]([C@H](n4cnc5c(NC(=O)c6ccccc6)ncnc54)O2)[C@@H]3OP(OCCC#N)OC[C@H]2S[C@@H](n3cnc4c(=O)[nH]c(NC(=O)C(C)C)nc43)[C@H](O[P+](=O)O)[C@@H]2O[Si](C)(C)C(C)(C)C)(c2ccccc2)c2ccc(OC)cc2)cc1. The molecule has 2 unspecified atom stereocenters. The summed E-state index contributed by atoms with van der Waals surface area (Å²) in [6.45, 7) is 13.0. The van der Waals surface area contributed by atoms with E-state index in [2.05, 4.69) is 62.4 Å². The van der Waals surface area contributed by atoms with Gasteiger partial charge in [0.2, 0.25) is 11.9 Å². The number of hydrogen-bond acceptors (Lipinski definition) is 21. The third-order valence-electron chi connectivity index (χ3n) is 16.7. The van der Waals surface area contributed by atoms with Crippen LogP contribution in [0.1, 0.15) is 79.7 Å². The fourth-order valence-electron chi connectivity index (χ4n) is 10.9. The molecule has 30 heteroatoms. The Kier molecular flexibility index (Phi) is 19.8. The van der Waals surface area contributed by atoms with Gasteiger partial charge in [0, 0.05) is 16.0 Å². The number of fused-ring (bicyclic) bond motifs is 4. The number of carbonyl (C=O) groups excluding carboxylic acids is 2. The van der Waals surface area contributed by atoms with E-state index in [0.717, 1.165) is 16.7 Å². The molecule has 7 heterocycles. The van der Waals surface area contributed by atoms with E-state index >= 15 is 0 Å². The minimum Gasteiger partial charge on any atom is -0.497 e. The Morgan fingerprint density at radius 2 is 1.51 bits per heavy atom. The van der Waals surface area contributed by atoms with Gasteiger partial charge >= 0.3 is 16.9 Å². The first-order valence-corrected chi connectivity index (χ1v) is 35.6. The minimum atomic E-state index is -3.27. The number of ether oxygens (including phenoxy) is 5. The molecule has 0 saturated carbocycles. The predicted molar refractivity (Wildman–Crippen MR) is 343 cm³/mol. The molecule has 3 saturated heterocycles. The molecule has 2 amide bonds. The normalized spacial score (nSPS) is 22.0. The van der Waals surface area contributed by atoms with Crippen LogP contribution in [0, 0.1) is 17.2 Å². The number of nitrogens with one attached hydrogen (secondary N) is 3. The maximum atomic E-state index is 13.5. The highest BCUT2D eigenvalue weighted by Gasteiger charge is 2.65. The van der Waals surface area contributed by atoms with Gasteiger partial charge in [0.1, 0.15) is 46.6 Å². The van der Waals surface area contributed by atoms with E-state index in [0.29, 0.717) is 22.7 Å². The van der Waals surface area contributed by atoms with E-state index in [1.807, 2.05) is 98.0 Å². The second-order valence-electron chi connectivity index (χ2n) is 23.9. The average Bonchev–Trinajstić information content (AvgIpc) is 1.52. The van der Waals surface area contributed by atoms with Crippen LogP contribution in [0.4, 0.5) is 11.8 Å². The molecule has 0 spiro atoms. The van der Waals surface area contributed by atoms with Crippen LogP contribution >= 0.6 is 28.6 Å². The van der Waals surface area contributed by atoms with Crippen molar-refractivity contribution in [3.63, 3.8) is 0 Å². The van der Waals surface area contributed by atoms with Crippen LogP contribution in [-0.2, 0) is 51.7 Å². The number of H-pyrrole nitrogens is 1. The molecule has 10 atom stereocenters. The zero-order chi connectivity index (χ0) is 65.1. The molecule has 26 nitrogen and oxygen atoms in total. The van der Waals surface area contributed by atoms with Gasteiger partial charge in [0.05, 0.1) is 77.1 Å². The summed E-state index contributed by atoms with van der Waals surface area (Å²) in [5.74, 6) is 0.0233. The van der Waals surface area contributed by atoms with Gasteiger partial charge < -0.3 is 47.0 Å². The molecule has 3 aliphatic heterocycles. The summed E-state index contributed by atoms with van der Waals surface area (Å²) in [6, 6.07) is 35.8. The number of nitrogens with zero attached hydrogens (tertiary/aromatic N) is 8. The van der Waals surface area contributed by atoms with Gasteiger partial charge in [-0.25, -0.2) is 19.9 Å². The van der Waals surface area contributed by atoms with Crippen molar-refractivity contribution in [1.29, 1.82) is 5.26 Å². The van der Waals surface area contributed by atoms with Crippen molar-refractivity contribution in [2.45, 2.75) is 112 Å². The van der Waals surface area contributed by atoms with Gasteiger partial charge in [0.25, 0.3) is 11.5 Å². The lowest BCUT2D eigenvalue weighted by molar-refractivity contribution is -0.202. The van der Waals surface area contributed by atoms with E-state index in [1.54, 1.807) is 61.5 Å². The van der Waals surface area contributed by atoms with Crippen molar-refractivity contribution < 1.29 is 65.3 Å². The quantitative estimate of drug-likeness (QED) is 0.0169. The average molecular weight is 1330 g/mol. The molecule has 8 aromatic rings. The third kappa shape index (κ3) is 13.4. The van der Waals surface area contributed by atoms with Crippen molar-refractivity contribution >= 4 is 82.8 Å². The second-order valence-corrected chi connectivity index (χ2v) is 31.9. The zero-order valence-electron chi connectivity index (χ0n) is 51.8. The molecular formula is C62H70N11O15P2SSi+. The lowest BCUT2D eigenvalue weighted by Gasteiger charge is -2.40. The molecule has 2 bridgehead atoms. The number of aromatic nitrogens is 8. The number of amides is 2. The van der Waals surface area contributed by atoms with Crippen LogP contribution in [0.5, 0.6) is 11.5 Å². The van der Waals surface area contributed by atoms with Crippen molar-refractivity contribution in [3.8, 4) is 17.6 Å². The molecule has 4 aromatic heterocycles. The number of benzene rings is 4. The highest BCUT2D eigenvalue weighted by molar-refractivity contribution is 8.00. The van der Waals surface area contributed by atoms with Gasteiger partial charge in [0.15, 0.2) is 48.8 Å². The number of aromatic amines is 1. The van der Waals surface area contributed by atoms with Gasteiger partial charge in [-0.3, -0.25) is 33.8 Å². The Morgan fingerprint density at radius 1 is 0.870 bits per heavy atom. The molecule has 4 aromatic carbocycles. The molecule has 4 N–H and O–H groups in total. The minimum absolute atomic E-state index is 0.0486. The topological polar surface area (TPSA) is 319 Å². The molecule has 3 fully saturated rings. The second kappa shape index (κ2) is 27.6. The Balaban J connectivity index is 0.987. The van der Waals surface area contributed by atoms with Gasteiger partial charge in [-0.1, -0.05) is 107 Å². The Hall–Kier alpha value is -7.45. The van der Waals surface area contributed by atoms with Crippen molar-refractivity contribution in [2.75, 3.05) is 51.3 Å². The van der Waals surface area contributed by atoms with E-state index in [9.17, 15) is 29.1 Å². The molecule has 482 valence electrons. The fraction of sp³-hybridized carbons (Fsp3) is 0.403. The van der Waals surface area contributed by atoms with Crippen LogP contribution < -0.4 is 25.7 Å². The molecular weight excluding hydrogens is 1260 g/mol. The van der Waals surface area contributed by atoms with E-state index in [-0.39, 0.29) is 66.3 Å². The number of anilines is 2. The Labute approximate surface area is 537 Å². The summed E-state index contributed by atoms with van der Waals surface area (Å²) in [6.07, 6.45) is -1.06. The molecule has 92 heavy (non-hydrogen) atoms. The van der Waals surface area contributed by atoms with Crippen LogP contribution in [0.25, 0.3) is 22.3 Å². The summed E-state index contributed by atoms with van der Waals surface area (Å²) in [5, 5.41) is 13.4. The third-order valence-corrected chi connectivity index (χ3v) is 24.3. The van der Waals surface area contributed by atoms with Crippen LogP contribution in [0.3, 0.4) is 0 Å². The van der Waals surface area contributed by atoms with Crippen molar-refractivity contribution in [3.05, 3.63) is 161 Å². The van der Waals surface area contributed by atoms with Gasteiger partial charge in [-0.2, -0.15) is 10.2 Å². The van der Waals surface area contributed by atoms with Gasteiger partial charge in [-0.15, -0.1) is 21.2 Å². The number of thioether (sulfide) groups is 1. The highest BCUT2D eigenvalue weighted by atomic mass is 32.2. The molecule has 11 rings (SSSR count). The summed E-state index contributed by atoms with van der Waals surface area (Å²) in [7, 11) is -5.39. The first kappa shape index (κ1) is 66.0. The number of hydrogen-bond donors (Lipinski definition) is 4. The standard InChI is InChI=1S/C62H69N11O15P2SSi/c1-37(2)54(74)70-59-69-53-46(56(76)71-59)67-36-73(53)58-48(86-89(77)78)47(88-92(8,9)60(3,4)5)44(91-58)31-84-90(83-30-16-29-63)87-50-49-57(72-35-66-45-51(64-34-65-52(45)72)68-55(75)38-17-12-10-13-18-38)85-61(50,32-81-49)33-82-62(39-19-14-11-15-20-39,40-21-25-42(79-6)26-22-40)41-23-27-43(80-7)28-24-41/h10-15,17-28,34-37,44,47-50,57-58H,16,30-33H2,1-9H3,(H3-,64,65,68,69,70,71,74,75,76,77,78)/p+1/t44-,47-,48-,49-,50+,57-,58-,61-,90?/m1/s1. The molecule has 0 radical (unpaired) electrons. The summed E-state index contributed by atoms with van der Waals surface area (Å²) in [4.78, 5) is 75.9.